The fourth-order valence-corrected chi connectivity index (χ4v) is 1.64. The summed E-state index contributed by atoms with van der Waals surface area (Å²) in [4.78, 5) is 11.9. The van der Waals surface area contributed by atoms with Crippen molar-refractivity contribution in [1.82, 2.24) is 5.32 Å². The van der Waals surface area contributed by atoms with Gasteiger partial charge in [0.2, 0.25) is 5.91 Å². The molecule has 17 heavy (non-hydrogen) atoms. The molecule has 1 heterocycles. The zero-order valence-electron chi connectivity index (χ0n) is 10.4. The molecule has 0 spiro atoms. The fraction of sp³-hybridized carbons (Fsp3) is 0.818. The predicted molar refractivity (Wildman–Crippen MR) is 63.8 cm³/mol. The molecule has 4 N–H and O–H groups in total. The lowest BCUT2D eigenvalue weighted by molar-refractivity contribution is -0.127. The minimum absolute atomic E-state index is 0.0794. The second-order valence-electron chi connectivity index (χ2n) is 4.81. The highest BCUT2D eigenvalue weighted by atomic mass is 16.5. The molecule has 1 unspecified atom stereocenters. The Labute approximate surface area is 101 Å². The van der Waals surface area contributed by atoms with Crippen LogP contribution in [0.1, 0.15) is 33.1 Å². The van der Waals surface area contributed by atoms with E-state index in [1.807, 2.05) is 0 Å². The van der Waals surface area contributed by atoms with Gasteiger partial charge in [0.15, 0.2) is 5.84 Å². The molecule has 6 heteroatoms. The molecular formula is C11H21N3O3. The summed E-state index contributed by atoms with van der Waals surface area (Å²) in [6.07, 6.45) is 3.25. The van der Waals surface area contributed by atoms with Crippen LogP contribution in [0.2, 0.25) is 0 Å². The first kappa shape index (κ1) is 13.8. The van der Waals surface area contributed by atoms with E-state index in [1.54, 1.807) is 13.8 Å². The summed E-state index contributed by atoms with van der Waals surface area (Å²) in [7, 11) is 0. The average molecular weight is 243 g/mol. The summed E-state index contributed by atoms with van der Waals surface area (Å²) in [6, 6.07) is 0. The van der Waals surface area contributed by atoms with Crippen molar-refractivity contribution in [2.24, 2.45) is 16.3 Å². The van der Waals surface area contributed by atoms with Crippen LogP contribution in [0, 0.1) is 5.41 Å². The lowest BCUT2D eigenvalue weighted by Gasteiger charge is -2.26. The molecular weight excluding hydrogens is 222 g/mol. The quantitative estimate of drug-likeness (QED) is 0.289. The van der Waals surface area contributed by atoms with Crippen molar-refractivity contribution in [3.05, 3.63) is 0 Å². The number of oxime groups is 1. The summed E-state index contributed by atoms with van der Waals surface area (Å²) in [5, 5.41) is 14.2. The number of carbonyl (C=O) groups is 1. The van der Waals surface area contributed by atoms with Crippen molar-refractivity contribution in [1.29, 1.82) is 0 Å². The van der Waals surface area contributed by atoms with Gasteiger partial charge in [0.1, 0.15) is 5.41 Å². The molecule has 1 saturated heterocycles. The van der Waals surface area contributed by atoms with Crippen LogP contribution in [0.3, 0.4) is 0 Å². The van der Waals surface area contributed by atoms with Crippen LogP contribution in [0.5, 0.6) is 0 Å². The Kier molecular flexibility index (Phi) is 4.74. The number of rotatable bonds is 4. The van der Waals surface area contributed by atoms with E-state index in [4.69, 9.17) is 15.7 Å². The maximum Gasteiger partial charge on any atom is 0.233 e. The van der Waals surface area contributed by atoms with Crippen LogP contribution in [0.4, 0.5) is 0 Å². The zero-order valence-corrected chi connectivity index (χ0v) is 10.4. The largest absolute Gasteiger partial charge is 0.409 e. The number of ether oxygens (including phenoxy) is 1. The molecule has 6 nitrogen and oxygen atoms in total. The monoisotopic (exact) mass is 243 g/mol. The fourth-order valence-electron chi connectivity index (χ4n) is 1.64. The highest BCUT2D eigenvalue weighted by Crippen LogP contribution is 2.16. The zero-order chi connectivity index (χ0) is 12.9. The highest BCUT2D eigenvalue weighted by Gasteiger charge is 2.33. The number of nitrogens with one attached hydrogen (secondary N) is 1. The number of carbonyl (C=O) groups excluding carboxylic acids is 1. The molecule has 1 aliphatic rings. The van der Waals surface area contributed by atoms with Gasteiger partial charge < -0.3 is 21.0 Å². The van der Waals surface area contributed by atoms with Gasteiger partial charge in [-0.1, -0.05) is 5.16 Å². The predicted octanol–water partition coefficient (Wildman–Crippen LogP) is 0.444. The molecule has 1 rings (SSSR count). The van der Waals surface area contributed by atoms with E-state index in [0.717, 1.165) is 25.9 Å². The molecule has 0 radical (unpaired) electrons. The first-order valence-corrected chi connectivity index (χ1v) is 5.86. The Bertz CT molecular complexity index is 296. The van der Waals surface area contributed by atoms with Gasteiger partial charge in [-0.05, 0) is 33.1 Å². The Hall–Kier alpha value is -1.30. The number of nitrogens with two attached hydrogens (primary N) is 1. The molecule has 0 bridgehead atoms. The van der Waals surface area contributed by atoms with Gasteiger partial charge in [-0.3, -0.25) is 4.79 Å². The number of hydrogen-bond donors (Lipinski definition) is 3. The molecule has 1 atom stereocenters. The third-order valence-electron chi connectivity index (χ3n) is 3.08. The standard InChI is InChI=1S/C11H21N3O3/c1-11(2,9(12)14-16)10(15)13-7-8-5-3-4-6-17-8/h8,16H,3-7H2,1-2H3,(H2,12,14)(H,13,15). The molecule has 0 aromatic heterocycles. The van der Waals surface area contributed by atoms with E-state index in [0.29, 0.717) is 6.54 Å². The summed E-state index contributed by atoms with van der Waals surface area (Å²) in [5.74, 6) is -0.360. The Morgan fingerprint density at radius 3 is 2.82 bits per heavy atom. The number of amidine groups is 1. The first-order valence-electron chi connectivity index (χ1n) is 5.86. The van der Waals surface area contributed by atoms with Crippen LogP contribution in [-0.4, -0.2) is 36.2 Å². The van der Waals surface area contributed by atoms with Gasteiger partial charge in [-0.25, -0.2) is 0 Å². The normalized spacial score (nSPS) is 22.2. The van der Waals surface area contributed by atoms with E-state index in [1.165, 1.54) is 0 Å². The highest BCUT2D eigenvalue weighted by molar-refractivity contribution is 6.05. The van der Waals surface area contributed by atoms with Crippen molar-refractivity contribution >= 4 is 11.7 Å². The van der Waals surface area contributed by atoms with Crippen molar-refractivity contribution in [3.8, 4) is 0 Å². The summed E-state index contributed by atoms with van der Waals surface area (Å²) >= 11 is 0. The van der Waals surface area contributed by atoms with E-state index >= 15 is 0 Å². The average Bonchev–Trinajstić information content (AvgIpc) is 2.35. The number of hydrogen-bond acceptors (Lipinski definition) is 4. The van der Waals surface area contributed by atoms with Crippen LogP contribution in [0.25, 0.3) is 0 Å². The van der Waals surface area contributed by atoms with Crippen molar-refractivity contribution in [2.75, 3.05) is 13.2 Å². The Balaban J connectivity index is 2.43. The maximum absolute atomic E-state index is 11.9. The molecule has 0 aromatic carbocycles. The summed E-state index contributed by atoms with van der Waals surface area (Å²) in [5.41, 5.74) is 4.46. The van der Waals surface area contributed by atoms with Crippen LogP contribution >= 0.6 is 0 Å². The first-order chi connectivity index (χ1) is 7.98. The number of amides is 1. The maximum atomic E-state index is 11.9. The van der Waals surface area contributed by atoms with Crippen molar-refractivity contribution < 1.29 is 14.7 Å². The van der Waals surface area contributed by atoms with E-state index in [9.17, 15) is 4.79 Å². The van der Waals surface area contributed by atoms with Crippen molar-refractivity contribution in [2.45, 2.75) is 39.2 Å². The summed E-state index contributed by atoms with van der Waals surface area (Å²) in [6.45, 7) is 4.45. The van der Waals surface area contributed by atoms with Gasteiger partial charge in [-0.2, -0.15) is 0 Å². The van der Waals surface area contributed by atoms with E-state index in [2.05, 4.69) is 10.5 Å². The topological polar surface area (TPSA) is 96.9 Å². The third-order valence-corrected chi connectivity index (χ3v) is 3.08. The number of nitrogens with zero attached hydrogens (tertiary/aromatic N) is 1. The van der Waals surface area contributed by atoms with Gasteiger partial charge in [0.05, 0.1) is 6.10 Å². The summed E-state index contributed by atoms with van der Waals surface area (Å²) < 4.78 is 5.50. The Morgan fingerprint density at radius 1 is 1.59 bits per heavy atom. The lowest BCUT2D eigenvalue weighted by Crippen LogP contribution is -2.48. The molecule has 1 fully saturated rings. The minimum Gasteiger partial charge on any atom is -0.409 e. The molecule has 0 saturated carbocycles. The van der Waals surface area contributed by atoms with Gasteiger partial charge >= 0.3 is 0 Å². The van der Waals surface area contributed by atoms with Gasteiger partial charge in [0, 0.05) is 13.2 Å². The molecule has 1 amide bonds. The van der Waals surface area contributed by atoms with E-state index < -0.39 is 5.41 Å². The van der Waals surface area contributed by atoms with Crippen LogP contribution in [-0.2, 0) is 9.53 Å². The van der Waals surface area contributed by atoms with Gasteiger partial charge in [-0.15, -0.1) is 0 Å². The Morgan fingerprint density at radius 2 is 2.29 bits per heavy atom. The van der Waals surface area contributed by atoms with Crippen molar-refractivity contribution in [3.63, 3.8) is 0 Å². The molecule has 1 aliphatic heterocycles. The third kappa shape index (κ3) is 3.59. The molecule has 0 aromatic rings. The van der Waals surface area contributed by atoms with Crippen LogP contribution < -0.4 is 11.1 Å². The minimum atomic E-state index is -1.01. The molecule has 98 valence electrons. The second-order valence-corrected chi connectivity index (χ2v) is 4.81. The smallest absolute Gasteiger partial charge is 0.233 e. The SMILES string of the molecule is CC(C)(C(=O)NCC1CCCCO1)C(N)=NO. The molecule has 0 aliphatic carbocycles. The lowest BCUT2D eigenvalue weighted by atomic mass is 9.91. The second kappa shape index (κ2) is 5.86. The van der Waals surface area contributed by atoms with E-state index in [-0.39, 0.29) is 17.8 Å². The van der Waals surface area contributed by atoms with Crippen LogP contribution in [0.15, 0.2) is 5.16 Å². The van der Waals surface area contributed by atoms with Gasteiger partial charge in [0.25, 0.3) is 0 Å².